The number of nitrogens with zero attached hydrogens (tertiary/aromatic N) is 1. The number of thiophene rings is 1. The third-order valence-electron chi connectivity index (χ3n) is 2.54. The molecule has 15 heavy (non-hydrogen) atoms. The van der Waals surface area contributed by atoms with Crippen molar-refractivity contribution in [2.45, 2.75) is 13.0 Å². The number of piperazine rings is 1. The highest BCUT2D eigenvalue weighted by Crippen LogP contribution is 2.22. The summed E-state index contributed by atoms with van der Waals surface area (Å²) in [5.74, 6) is 0.153. The fourth-order valence-corrected chi connectivity index (χ4v) is 3.09. The van der Waals surface area contributed by atoms with E-state index in [1.165, 1.54) is 11.3 Å². The largest absolute Gasteiger partial charge is 0.333 e. The molecular weight excluding hydrogens is 276 g/mol. The Morgan fingerprint density at radius 3 is 3.13 bits per heavy atom. The molecule has 0 aromatic carbocycles. The molecular formula is C10H13BrN2OS. The molecule has 1 aliphatic heterocycles. The molecule has 0 saturated carbocycles. The number of carbonyl (C=O) groups is 1. The van der Waals surface area contributed by atoms with Crippen LogP contribution in [0.4, 0.5) is 0 Å². The molecule has 1 fully saturated rings. The predicted octanol–water partition coefficient (Wildman–Crippen LogP) is 1.94. The van der Waals surface area contributed by atoms with E-state index < -0.39 is 0 Å². The summed E-state index contributed by atoms with van der Waals surface area (Å²) in [6.07, 6.45) is 0. The molecule has 2 rings (SSSR count). The number of hydrogen-bond donors (Lipinski definition) is 1. The lowest BCUT2D eigenvalue weighted by atomic mass is 10.2. The number of hydrogen-bond acceptors (Lipinski definition) is 3. The second kappa shape index (κ2) is 4.63. The van der Waals surface area contributed by atoms with Crippen LogP contribution in [0.15, 0.2) is 15.9 Å². The third kappa shape index (κ3) is 2.41. The van der Waals surface area contributed by atoms with Crippen molar-refractivity contribution in [1.29, 1.82) is 0 Å². The van der Waals surface area contributed by atoms with Crippen molar-refractivity contribution in [2.24, 2.45) is 0 Å². The van der Waals surface area contributed by atoms with Crippen molar-refractivity contribution in [3.8, 4) is 0 Å². The van der Waals surface area contributed by atoms with E-state index in [4.69, 9.17) is 0 Å². The number of amides is 1. The number of nitrogens with one attached hydrogen (secondary N) is 1. The monoisotopic (exact) mass is 288 g/mol. The van der Waals surface area contributed by atoms with Gasteiger partial charge in [-0.15, -0.1) is 11.3 Å². The van der Waals surface area contributed by atoms with Crippen molar-refractivity contribution in [1.82, 2.24) is 10.2 Å². The Morgan fingerprint density at radius 1 is 1.73 bits per heavy atom. The molecule has 0 radical (unpaired) electrons. The van der Waals surface area contributed by atoms with Crippen LogP contribution < -0.4 is 5.32 Å². The Hall–Kier alpha value is -0.390. The van der Waals surface area contributed by atoms with Crippen molar-refractivity contribution >= 4 is 33.2 Å². The number of rotatable bonds is 1. The predicted molar refractivity (Wildman–Crippen MR) is 65.4 cm³/mol. The van der Waals surface area contributed by atoms with E-state index in [0.717, 1.165) is 29.0 Å². The molecule has 1 saturated heterocycles. The molecule has 5 heteroatoms. The van der Waals surface area contributed by atoms with E-state index in [9.17, 15) is 4.79 Å². The Bertz CT molecular complexity index is 366. The van der Waals surface area contributed by atoms with Gasteiger partial charge in [0.2, 0.25) is 0 Å². The first kappa shape index (κ1) is 11.1. The highest BCUT2D eigenvalue weighted by molar-refractivity contribution is 9.10. The Morgan fingerprint density at radius 2 is 2.53 bits per heavy atom. The lowest BCUT2D eigenvalue weighted by Gasteiger charge is -2.33. The minimum Gasteiger partial charge on any atom is -0.333 e. The first-order chi connectivity index (χ1) is 7.18. The minimum atomic E-state index is 0.153. The molecule has 1 aromatic heterocycles. The van der Waals surface area contributed by atoms with Crippen LogP contribution in [-0.2, 0) is 0 Å². The molecule has 1 N–H and O–H groups in total. The quantitative estimate of drug-likeness (QED) is 0.857. The molecule has 0 spiro atoms. The van der Waals surface area contributed by atoms with Gasteiger partial charge in [0, 0.05) is 35.5 Å². The smallest absolute Gasteiger partial charge is 0.264 e. The first-order valence-electron chi connectivity index (χ1n) is 4.94. The molecule has 1 aliphatic rings. The summed E-state index contributed by atoms with van der Waals surface area (Å²) >= 11 is 4.86. The zero-order valence-corrected chi connectivity index (χ0v) is 10.9. The van der Waals surface area contributed by atoms with Crippen LogP contribution in [0.25, 0.3) is 0 Å². The Labute approximate surface area is 102 Å². The lowest BCUT2D eigenvalue weighted by molar-refractivity contribution is 0.0661. The zero-order chi connectivity index (χ0) is 10.8. The topological polar surface area (TPSA) is 32.3 Å². The van der Waals surface area contributed by atoms with Crippen molar-refractivity contribution in [3.63, 3.8) is 0 Å². The molecule has 1 aromatic rings. The van der Waals surface area contributed by atoms with Gasteiger partial charge in [0.15, 0.2) is 0 Å². The fraction of sp³-hybridized carbons (Fsp3) is 0.500. The summed E-state index contributed by atoms with van der Waals surface area (Å²) in [6.45, 7) is 4.66. The molecule has 0 aliphatic carbocycles. The van der Waals surface area contributed by atoms with Gasteiger partial charge in [-0.3, -0.25) is 4.79 Å². The summed E-state index contributed by atoms with van der Waals surface area (Å²) in [4.78, 5) is 14.9. The van der Waals surface area contributed by atoms with Crippen LogP contribution in [0.2, 0.25) is 0 Å². The Balaban J connectivity index is 2.13. The summed E-state index contributed by atoms with van der Waals surface area (Å²) in [5.41, 5.74) is 0. The van der Waals surface area contributed by atoms with Gasteiger partial charge in [-0.1, -0.05) is 0 Å². The van der Waals surface area contributed by atoms with E-state index in [1.807, 2.05) is 16.3 Å². The maximum atomic E-state index is 12.1. The molecule has 82 valence electrons. The SMILES string of the molecule is C[C@@H]1CNCCN1C(=O)c1cc(Br)cs1. The fourth-order valence-electron chi connectivity index (χ4n) is 1.71. The average molecular weight is 289 g/mol. The van der Waals surface area contributed by atoms with Crippen LogP contribution in [0, 0.1) is 0 Å². The minimum absolute atomic E-state index is 0.153. The summed E-state index contributed by atoms with van der Waals surface area (Å²) in [6, 6.07) is 2.18. The summed E-state index contributed by atoms with van der Waals surface area (Å²) in [7, 11) is 0. The number of carbonyl (C=O) groups excluding carboxylic acids is 1. The molecule has 0 unspecified atom stereocenters. The van der Waals surface area contributed by atoms with Gasteiger partial charge < -0.3 is 10.2 Å². The molecule has 1 amide bonds. The first-order valence-corrected chi connectivity index (χ1v) is 6.61. The van der Waals surface area contributed by atoms with Crippen LogP contribution in [0.1, 0.15) is 16.6 Å². The van der Waals surface area contributed by atoms with Gasteiger partial charge in [0.1, 0.15) is 0 Å². The van der Waals surface area contributed by atoms with Crippen molar-refractivity contribution < 1.29 is 4.79 Å². The van der Waals surface area contributed by atoms with Crippen LogP contribution in [-0.4, -0.2) is 36.5 Å². The second-order valence-electron chi connectivity index (χ2n) is 3.68. The van der Waals surface area contributed by atoms with Gasteiger partial charge in [0.05, 0.1) is 4.88 Å². The molecule has 1 atom stereocenters. The van der Waals surface area contributed by atoms with Crippen LogP contribution in [0.5, 0.6) is 0 Å². The van der Waals surface area contributed by atoms with Gasteiger partial charge in [-0.2, -0.15) is 0 Å². The van der Waals surface area contributed by atoms with E-state index >= 15 is 0 Å². The highest BCUT2D eigenvalue weighted by atomic mass is 79.9. The van der Waals surface area contributed by atoms with Gasteiger partial charge >= 0.3 is 0 Å². The summed E-state index contributed by atoms with van der Waals surface area (Å²) in [5, 5.41) is 5.22. The van der Waals surface area contributed by atoms with Gasteiger partial charge in [0.25, 0.3) is 5.91 Å². The lowest BCUT2D eigenvalue weighted by Crippen LogP contribution is -2.52. The molecule has 2 heterocycles. The normalized spacial score (nSPS) is 21.7. The maximum Gasteiger partial charge on any atom is 0.264 e. The summed E-state index contributed by atoms with van der Waals surface area (Å²) < 4.78 is 0.985. The van der Waals surface area contributed by atoms with Crippen LogP contribution in [0.3, 0.4) is 0 Å². The van der Waals surface area contributed by atoms with E-state index in [0.29, 0.717) is 0 Å². The van der Waals surface area contributed by atoms with E-state index in [1.54, 1.807) is 0 Å². The van der Waals surface area contributed by atoms with E-state index in [-0.39, 0.29) is 11.9 Å². The molecule has 0 bridgehead atoms. The van der Waals surface area contributed by atoms with Gasteiger partial charge in [-0.25, -0.2) is 0 Å². The number of halogens is 1. The average Bonchev–Trinajstić information content (AvgIpc) is 2.65. The highest BCUT2D eigenvalue weighted by Gasteiger charge is 2.24. The molecule has 3 nitrogen and oxygen atoms in total. The second-order valence-corrected chi connectivity index (χ2v) is 5.51. The zero-order valence-electron chi connectivity index (χ0n) is 8.50. The van der Waals surface area contributed by atoms with Crippen LogP contribution >= 0.6 is 27.3 Å². The van der Waals surface area contributed by atoms with Crippen molar-refractivity contribution in [3.05, 3.63) is 20.8 Å². The third-order valence-corrected chi connectivity index (χ3v) is 4.22. The van der Waals surface area contributed by atoms with E-state index in [2.05, 4.69) is 28.2 Å². The van der Waals surface area contributed by atoms with Crippen molar-refractivity contribution in [2.75, 3.05) is 19.6 Å². The Kier molecular flexibility index (Phi) is 3.43. The maximum absolute atomic E-state index is 12.1. The standard InChI is InChI=1S/C10H13BrN2OS/c1-7-5-12-2-3-13(7)10(14)9-4-8(11)6-15-9/h4,6-7,12H,2-3,5H2,1H3/t7-/m1/s1. The van der Waals surface area contributed by atoms with Gasteiger partial charge in [-0.05, 0) is 28.9 Å².